The van der Waals surface area contributed by atoms with Gasteiger partial charge in [0.1, 0.15) is 0 Å². The van der Waals surface area contributed by atoms with Gasteiger partial charge in [-0.1, -0.05) is 5.16 Å². The van der Waals surface area contributed by atoms with Crippen molar-refractivity contribution in [2.75, 3.05) is 6.61 Å². The van der Waals surface area contributed by atoms with Gasteiger partial charge in [0.15, 0.2) is 5.82 Å². The Morgan fingerprint density at radius 1 is 1.69 bits per heavy atom. The predicted octanol–water partition coefficient (Wildman–Crippen LogP) is -0.212. The summed E-state index contributed by atoms with van der Waals surface area (Å²) in [6.45, 7) is 4.11. The number of aromatic amines is 1. The van der Waals surface area contributed by atoms with E-state index in [1.807, 2.05) is 13.8 Å². The molecule has 0 amide bonds. The molecule has 0 bridgehead atoms. The van der Waals surface area contributed by atoms with Gasteiger partial charge < -0.3 is 10.5 Å². The Kier molecular flexibility index (Phi) is 3.21. The van der Waals surface area contributed by atoms with Gasteiger partial charge in [-0.05, 0) is 13.8 Å². The van der Waals surface area contributed by atoms with Gasteiger partial charge in [0, 0.05) is 0 Å². The van der Waals surface area contributed by atoms with Crippen molar-refractivity contribution in [2.45, 2.75) is 26.0 Å². The average Bonchev–Trinajstić information content (AvgIpc) is 2.47. The second kappa shape index (κ2) is 4.20. The summed E-state index contributed by atoms with van der Waals surface area (Å²) in [5.41, 5.74) is 5.64. The number of hydrogen-bond acceptors (Lipinski definition) is 5. The molecule has 74 valence electrons. The Morgan fingerprint density at radius 3 is 2.85 bits per heavy atom. The number of aromatic nitrogens is 2. The molecule has 1 atom stereocenters. The lowest BCUT2D eigenvalue weighted by Gasteiger charge is -2.10. The number of nitrogens with zero attached hydrogens (tertiary/aromatic N) is 1. The number of ether oxygens (including phenoxy) is 1. The minimum atomic E-state index is -0.602. The van der Waals surface area contributed by atoms with Crippen molar-refractivity contribution in [3.05, 3.63) is 16.4 Å². The van der Waals surface area contributed by atoms with Crippen LogP contribution < -0.4 is 11.5 Å². The summed E-state index contributed by atoms with van der Waals surface area (Å²) in [6, 6.07) is -0.450. The smallest absolute Gasteiger partial charge is 0.377 e. The maximum absolute atomic E-state index is 10.6. The average molecular weight is 187 g/mol. The van der Waals surface area contributed by atoms with Gasteiger partial charge in [-0.15, -0.1) is 0 Å². The van der Waals surface area contributed by atoms with Crippen LogP contribution >= 0.6 is 0 Å². The Balaban J connectivity index is 2.48. The lowest BCUT2D eigenvalue weighted by Crippen LogP contribution is -2.21. The van der Waals surface area contributed by atoms with Crippen molar-refractivity contribution >= 4 is 0 Å². The maximum atomic E-state index is 10.6. The van der Waals surface area contributed by atoms with Gasteiger partial charge in [0.2, 0.25) is 0 Å². The van der Waals surface area contributed by atoms with Crippen molar-refractivity contribution in [1.29, 1.82) is 0 Å². The number of H-pyrrole nitrogens is 1. The monoisotopic (exact) mass is 187 g/mol. The molecule has 1 aromatic rings. The molecule has 0 aromatic carbocycles. The fourth-order valence-electron chi connectivity index (χ4n) is 0.776. The van der Waals surface area contributed by atoms with E-state index >= 15 is 0 Å². The van der Waals surface area contributed by atoms with Gasteiger partial charge in [-0.2, -0.15) is 0 Å². The summed E-state index contributed by atoms with van der Waals surface area (Å²) in [5, 5.41) is 3.45. The van der Waals surface area contributed by atoms with Gasteiger partial charge in [-0.3, -0.25) is 9.51 Å². The van der Waals surface area contributed by atoms with Crippen LogP contribution in [0.3, 0.4) is 0 Å². The van der Waals surface area contributed by atoms with Crippen LogP contribution in [0, 0.1) is 0 Å². The minimum Gasteiger partial charge on any atom is -0.377 e. The molecule has 3 N–H and O–H groups in total. The molecule has 6 nitrogen and oxygen atoms in total. The van der Waals surface area contributed by atoms with Crippen LogP contribution in [-0.4, -0.2) is 22.9 Å². The van der Waals surface area contributed by atoms with Gasteiger partial charge >= 0.3 is 5.76 Å². The molecule has 13 heavy (non-hydrogen) atoms. The Labute approximate surface area is 75.1 Å². The first-order chi connectivity index (χ1) is 6.09. The Morgan fingerprint density at radius 2 is 2.38 bits per heavy atom. The molecule has 0 radical (unpaired) electrons. The molecule has 1 unspecified atom stereocenters. The molecule has 0 fully saturated rings. The van der Waals surface area contributed by atoms with Crippen molar-refractivity contribution in [2.24, 2.45) is 5.73 Å². The molecule has 0 aliphatic heterocycles. The van der Waals surface area contributed by atoms with E-state index in [0.717, 1.165) is 0 Å². The molecule has 1 aromatic heterocycles. The summed E-state index contributed by atoms with van der Waals surface area (Å²) in [5.74, 6) is -0.291. The molecule has 0 aliphatic carbocycles. The lowest BCUT2D eigenvalue weighted by atomic mass is 10.3. The lowest BCUT2D eigenvalue weighted by molar-refractivity contribution is 0.0665. The molecule has 0 spiro atoms. The molecular weight excluding hydrogens is 174 g/mol. The Bertz CT molecular complexity index is 304. The van der Waals surface area contributed by atoms with Crippen molar-refractivity contribution < 1.29 is 9.26 Å². The largest absolute Gasteiger partial charge is 0.438 e. The summed E-state index contributed by atoms with van der Waals surface area (Å²) in [7, 11) is 0. The fourth-order valence-corrected chi connectivity index (χ4v) is 0.776. The quantitative estimate of drug-likeness (QED) is 0.680. The summed E-state index contributed by atoms with van der Waals surface area (Å²) < 4.78 is 9.53. The first-order valence-electron chi connectivity index (χ1n) is 4.02. The summed E-state index contributed by atoms with van der Waals surface area (Å²) in [6.07, 6.45) is 0.102. The SMILES string of the molecule is CC(C)OCC(N)c1noc(=O)[nH]1. The Hall–Kier alpha value is -1.14. The highest BCUT2D eigenvalue weighted by atomic mass is 16.5. The molecule has 1 heterocycles. The third kappa shape index (κ3) is 3.00. The zero-order valence-corrected chi connectivity index (χ0v) is 7.61. The fraction of sp³-hybridized carbons (Fsp3) is 0.714. The first-order valence-corrected chi connectivity index (χ1v) is 4.02. The number of nitrogens with one attached hydrogen (secondary N) is 1. The molecule has 0 aliphatic rings. The molecule has 0 saturated heterocycles. The van der Waals surface area contributed by atoms with Crippen molar-refractivity contribution in [1.82, 2.24) is 10.1 Å². The van der Waals surface area contributed by atoms with E-state index in [1.54, 1.807) is 0 Å². The number of rotatable bonds is 4. The number of hydrogen-bond donors (Lipinski definition) is 2. The van der Waals surface area contributed by atoms with E-state index in [-0.39, 0.29) is 6.10 Å². The van der Waals surface area contributed by atoms with E-state index in [0.29, 0.717) is 12.4 Å². The number of nitrogens with two attached hydrogens (primary N) is 1. The topological polar surface area (TPSA) is 94.1 Å². The van der Waals surface area contributed by atoms with Crippen molar-refractivity contribution in [3.63, 3.8) is 0 Å². The van der Waals surface area contributed by atoms with Crippen LogP contribution in [0.4, 0.5) is 0 Å². The highest BCUT2D eigenvalue weighted by Gasteiger charge is 2.11. The van der Waals surface area contributed by atoms with Crippen LogP contribution in [0.25, 0.3) is 0 Å². The van der Waals surface area contributed by atoms with Gasteiger partial charge in [-0.25, -0.2) is 4.79 Å². The van der Waals surface area contributed by atoms with E-state index < -0.39 is 11.8 Å². The van der Waals surface area contributed by atoms with Crippen LogP contribution in [0.1, 0.15) is 25.7 Å². The highest BCUT2D eigenvalue weighted by molar-refractivity contribution is 4.87. The second-order valence-corrected chi connectivity index (χ2v) is 2.97. The molecular formula is C7H13N3O3. The minimum absolute atomic E-state index is 0.102. The summed E-state index contributed by atoms with van der Waals surface area (Å²) in [4.78, 5) is 12.9. The van der Waals surface area contributed by atoms with Gasteiger partial charge in [0.25, 0.3) is 0 Å². The second-order valence-electron chi connectivity index (χ2n) is 2.97. The van der Waals surface area contributed by atoms with E-state index in [4.69, 9.17) is 10.5 Å². The van der Waals surface area contributed by atoms with Crippen LogP contribution in [0.15, 0.2) is 9.32 Å². The van der Waals surface area contributed by atoms with Crippen LogP contribution in [-0.2, 0) is 4.74 Å². The van der Waals surface area contributed by atoms with Crippen molar-refractivity contribution in [3.8, 4) is 0 Å². The summed E-state index contributed by atoms with van der Waals surface area (Å²) >= 11 is 0. The van der Waals surface area contributed by atoms with Crippen LogP contribution in [0.2, 0.25) is 0 Å². The standard InChI is InChI=1S/C7H13N3O3/c1-4(2)12-3-5(8)6-9-7(11)13-10-6/h4-5H,3,8H2,1-2H3,(H,9,10,11). The maximum Gasteiger partial charge on any atom is 0.438 e. The van der Waals surface area contributed by atoms with Gasteiger partial charge in [0.05, 0.1) is 18.8 Å². The zero-order valence-electron chi connectivity index (χ0n) is 7.61. The van der Waals surface area contributed by atoms with E-state index in [1.165, 1.54) is 0 Å². The van der Waals surface area contributed by atoms with Crippen LogP contribution in [0.5, 0.6) is 0 Å². The van der Waals surface area contributed by atoms with E-state index in [2.05, 4.69) is 14.7 Å². The highest BCUT2D eigenvalue weighted by Crippen LogP contribution is 2.03. The third-order valence-corrected chi connectivity index (χ3v) is 1.42. The molecule has 6 heteroatoms. The van der Waals surface area contributed by atoms with E-state index in [9.17, 15) is 4.79 Å². The third-order valence-electron chi connectivity index (χ3n) is 1.42. The first kappa shape index (κ1) is 9.94. The molecule has 0 saturated carbocycles. The normalized spacial score (nSPS) is 13.5. The predicted molar refractivity (Wildman–Crippen MR) is 45.1 cm³/mol. The molecule has 1 rings (SSSR count). The zero-order chi connectivity index (χ0) is 9.84.